The summed E-state index contributed by atoms with van der Waals surface area (Å²) < 4.78 is 23.0. The highest BCUT2D eigenvalue weighted by Gasteiger charge is 2.10. The van der Waals surface area contributed by atoms with Crippen molar-refractivity contribution >= 4 is 37.7 Å². The van der Waals surface area contributed by atoms with Gasteiger partial charge in [-0.25, -0.2) is 4.21 Å². The van der Waals surface area contributed by atoms with E-state index < -0.39 is 9.73 Å². The van der Waals surface area contributed by atoms with E-state index in [1.807, 2.05) is 38.1 Å². The van der Waals surface area contributed by atoms with Crippen LogP contribution in [0.2, 0.25) is 0 Å². The Bertz CT molecular complexity index is 1110. The number of aromatic hydroxyl groups is 1. The van der Waals surface area contributed by atoms with E-state index in [1.54, 1.807) is 31.5 Å². The molecule has 0 radical (unpaired) electrons. The van der Waals surface area contributed by atoms with Crippen molar-refractivity contribution in [2.75, 3.05) is 23.9 Å². The molecule has 2 N–H and O–H groups in total. The highest BCUT2D eigenvalue weighted by molar-refractivity contribution is 7.93. The van der Waals surface area contributed by atoms with Crippen molar-refractivity contribution in [2.24, 2.45) is 4.36 Å². The van der Waals surface area contributed by atoms with Crippen molar-refractivity contribution in [1.29, 1.82) is 0 Å². The standard InChI is InChI=1S/C22H27N3O3S/c1-4-10-29(27,11-5-2)25-16-6-7-21-20(14-16)22(8-9-23-21)24-17-12-18(26)15-19(13-17)28-3/h6-9,12-15,26H,4-5,10-11H2,1-3H3,(H,23,24). The van der Waals surface area contributed by atoms with E-state index >= 15 is 0 Å². The fraction of sp³-hybridized carbons (Fsp3) is 0.318. The summed E-state index contributed by atoms with van der Waals surface area (Å²) in [6, 6.07) is 12.5. The number of nitrogens with zero attached hydrogens (tertiary/aromatic N) is 2. The van der Waals surface area contributed by atoms with Gasteiger partial charge in [-0.1, -0.05) is 13.8 Å². The Hall–Kier alpha value is -2.80. The van der Waals surface area contributed by atoms with Gasteiger partial charge >= 0.3 is 0 Å². The Morgan fingerprint density at radius 2 is 1.86 bits per heavy atom. The number of benzene rings is 2. The first-order chi connectivity index (χ1) is 14.0. The summed E-state index contributed by atoms with van der Waals surface area (Å²) in [6.07, 6.45) is 3.39. The van der Waals surface area contributed by atoms with E-state index in [-0.39, 0.29) is 5.75 Å². The van der Waals surface area contributed by atoms with Crippen LogP contribution in [0.25, 0.3) is 10.9 Å². The number of hydrogen-bond acceptors (Lipinski definition) is 6. The van der Waals surface area contributed by atoms with Crippen LogP contribution in [0.3, 0.4) is 0 Å². The second-order valence-corrected chi connectivity index (χ2v) is 9.42. The molecule has 1 aromatic heterocycles. The molecule has 29 heavy (non-hydrogen) atoms. The number of pyridine rings is 1. The van der Waals surface area contributed by atoms with Crippen LogP contribution >= 0.6 is 0 Å². The summed E-state index contributed by atoms with van der Waals surface area (Å²) in [5.41, 5.74) is 3.00. The molecule has 0 saturated carbocycles. The summed E-state index contributed by atoms with van der Waals surface area (Å²) in [5.74, 6) is 1.86. The molecule has 7 heteroatoms. The highest BCUT2D eigenvalue weighted by Crippen LogP contribution is 2.32. The first kappa shape index (κ1) is 20.9. The maximum atomic E-state index is 13.1. The summed E-state index contributed by atoms with van der Waals surface area (Å²) in [4.78, 5) is 4.42. The lowest BCUT2D eigenvalue weighted by Gasteiger charge is -2.12. The second-order valence-electron chi connectivity index (χ2n) is 6.88. The van der Waals surface area contributed by atoms with Crippen LogP contribution in [0.15, 0.2) is 53.0 Å². The lowest BCUT2D eigenvalue weighted by atomic mass is 10.1. The van der Waals surface area contributed by atoms with Crippen LogP contribution in [0, 0.1) is 0 Å². The average molecular weight is 414 g/mol. The fourth-order valence-corrected chi connectivity index (χ4v) is 5.41. The first-order valence-corrected chi connectivity index (χ1v) is 11.6. The number of fused-ring (bicyclic) bond motifs is 1. The number of phenolic OH excluding ortho intramolecular Hbond substituents is 1. The van der Waals surface area contributed by atoms with Gasteiger partial charge in [0.15, 0.2) is 0 Å². The number of rotatable bonds is 8. The van der Waals surface area contributed by atoms with Crippen LogP contribution in [-0.2, 0) is 9.73 Å². The molecule has 0 aliphatic rings. The molecule has 0 amide bonds. The number of hydrogen-bond donors (Lipinski definition) is 2. The van der Waals surface area contributed by atoms with Crippen LogP contribution in [-0.4, -0.2) is 32.9 Å². The molecular formula is C22H27N3O3S. The van der Waals surface area contributed by atoms with Gasteiger partial charge in [-0.05, 0) is 37.1 Å². The Balaban J connectivity index is 2.05. The van der Waals surface area contributed by atoms with Crippen LogP contribution in [0.5, 0.6) is 11.5 Å². The molecule has 1 heterocycles. The molecule has 2 aromatic carbocycles. The van der Waals surface area contributed by atoms with Gasteiger partial charge in [-0.2, -0.15) is 4.36 Å². The van der Waals surface area contributed by atoms with E-state index in [2.05, 4.69) is 14.7 Å². The third-order valence-electron chi connectivity index (χ3n) is 4.45. The summed E-state index contributed by atoms with van der Waals surface area (Å²) in [6.45, 7) is 4.06. The Labute approximate surface area is 172 Å². The largest absolute Gasteiger partial charge is 0.508 e. The number of phenols is 1. The number of anilines is 2. The molecule has 0 saturated heterocycles. The van der Waals surface area contributed by atoms with Crippen molar-refractivity contribution in [3.63, 3.8) is 0 Å². The predicted octanol–water partition coefficient (Wildman–Crippen LogP) is 5.61. The molecule has 154 valence electrons. The molecule has 0 unspecified atom stereocenters. The van der Waals surface area contributed by atoms with E-state index in [9.17, 15) is 9.32 Å². The monoisotopic (exact) mass is 413 g/mol. The Kier molecular flexibility index (Phi) is 6.59. The van der Waals surface area contributed by atoms with Crippen molar-refractivity contribution < 1.29 is 14.1 Å². The van der Waals surface area contributed by atoms with Gasteiger partial charge in [0.05, 0.1) is 28.0 Å². The number of nitrogens with one attached hydrogen (secondary N) is 1. The van der Waals surface area contributed by atoms with Crippen LogP contribution in [0.1, 0.15) is 26.7 Å². The number of aromatic nitrogens is 1. The molecule has 0 aliphatic heterocycles. The van der Waals surface area contributed by atoms with Crippen LogP contribution < -0.4 is 10.1 Å². The van der Waals surface area contributed by atoms with Crippen molar-refractivity contribution in [2.45, 2.75) is 26.7 Å². The molecular weight excluding hydrogens is 386 g/mol. The molecule has 0 aliphatic carbocycles. The smallest absolute Gasteiger partial charge is 0.124 e. The van der Waals surface area contributed by atoms with Gasteiger partial charge in [0.25, 0.3) is 0 Å². The van der Waals surface area contributed by atoms with Crippen molar-refractivity contribution in [1.82, 2.24) is 4.98 Å². The lowest BCUT2D eigenvalue weighted by Crippen LogP contribution is -2.09. The predicted molar refractivity (Wildman–Crippen MR) is 120 cm³/mol. The summed E-state index contributed by atoms with van der Waals surface area (Å²) >= 11 is 0. The van der Waals surface area contributed by atoms with Crippen LogP contribution in [0.4, 0.5) is 17.1 Å². The normalized spacial score (nSPS) is 11.4. The van der Waals surface area contributed by atoms with Gasteiger partial charge in [0.2, 0.25) is 0 Å². The maximum Gasteiger partial charge on any atom is 0.124 e. The third-order valence-corrected chi connectivity index (χ3v) is 7.08. The van der Waals surface area contributed by atoms with Crippen molar-refractivity contribution in [3.8, 4) is 11.5 Å². The Morgan fingerprint density at radius 3 is 2.55 bits per heavy atom. The highest BCUT2D eigenvalue weighted by atomic mass is 32.2. The summed E-state index contributed by atoms with van der Waals surface area (Å²) in [7, 11) is -0.709. The van der Waals surface area contributed by atoms with E-state index in [0.29, 0.717) is 28.6 Å². The molecule has 0 bridgehead atoms. The van der Waals surface area contributed by atoms with Gasteiger partial charge in [-0.15, -0.1) is 0 Å². The number of methoxy groups -OCH3 is 1. The van der Waals surface area contributed by atoms with Gasteiger partial charge in [0.1, 0.15) is 11.5 Å². The SMILES string of the molecule is CCCS(=O)(CCC)=Nc1ccc2nccc(Nc3cc(O)cc(OC)c3)c2c1. The first-order valence-electron chi connectivity index (χ1n) is 9.72. The molecule has 3 aromatic rings. The minimum Gasteiger partial charge on any atom is -0.508 e. The Morgan fingerprint density at radius 1 is 1.10 bits per heavy atom. The van der Waals surface area contributed by atoms with Gasteiger partial charge < -0.3 is 15.2 Å². The van der Waals surface area contributed by atoms with E-state index in [0.717, 1.165) is 29.4 Å². The average Bonchev–Trinajstić information content (AvgIpc) is 2.68. The van der Waals surface area contributed by atoms with Gasteiger partial charge in [-0.3, -0.25) is 4.98 Å². The number of ether oxygens (including phenoxy) is 1. The molecule has 6 nitrogen and oxygen atoms in total. The summed E-state index contributed by atoms with van der Waals surface area (Å²) in [5, 5.41) is 14.1. The lowest BCUT2D eigenvalue weighted by molar-refractivity contribution is 0.408. The van der Waals surface area contributed by atoms with E-state index in [1.165, 1.54) is 0 Å². The van der Waals surface area contributed by atoms with E-state index in [4.69, 9.17) is 4.74 Å². The molecule has 0 atom stereocenters. The second kappa shape index (κ2) is 9.13. The molecule has 0 spiro atoms. The zero-order valence-electron chi connectivity index (χ0n) is 17.0. The molecule has 0 fully saturated rings. The maximum absolute atomic E-state index is 13.1. The minimum absolute atomic E-state index is 0.111. The quantitative estimate of drug-likeness (QED) is 0.501. The molecule has 3 rings (SSSR count). The van der Waals surface area contributed by atoms with Crippen molar-refractivity contribution in [3.05, 3.63) is 48.7 Å². The topological polar surface area (TPSA) is 83.8 Å². The zero-order chi connectivity index (χ0) is 20.9. The fourth-order valence-electron chi connectivity index (χ4n) is 3.25. The minimum atomic E-state index is -2.26. The zero-order valence-corrected chi connectivity index (χ0v) is 17.8. The third kappa shape index (κ3) is 5.17. The van der Waals surface area contributed by atoms with Gasteiger partial charge in [0, 0.05) is 52.7 Å².